The van der Waals surface area contributed by atoms with Gasteiger partial charge in [0.2, 0.25) is 5.91 Å². The maximum atomic E-state index is 11.8. The third-order valence-corrected chi connectivity index (χ3v) is 3.07. The predicted molar refractivity (Wildman–Crippen MR) is 71.6 cm³/mol. The van der Waals surface area contributed by atoms with E-state index in [2.05, 4.69) is 16.7 Å². The standard InChI is InChI=1S/C14H17N3O2/c15-9-11-3-1-2-4-13(11)16-10-14(18)17-12-5-7-19-8-6-12/h1-4,12,16H,5-8,10H2,(H,17,18). The molecule has 100 valence electrons. The molecule has 1 aliphatic heterocycles. The van der Waals surface area contributed by atoms with Crippen LogP contribution in [0.15, 0.2) is 24.3 Å². The fourth-order valence-corrected chi connectivity index (χ4v) is 2.03. The van der Waals surface area contributed by atoms with Gasteiger partial charge >= 0.3 is 0 Å². The number of ether oxygens (including phenoxy) is 1. The van der Waals surface area contributed by atoms with Crippen LogP contribution >= 0.6 is 0 Å². The Morgan fingerprint density at radius 3 is 2.84 bits per heavy atom. The highest BCUT2D eigenvalue weighted by Crippen LogP contribution is 2.13. The summed E-state index contributed by atoms with van der Waals surface area (Å²) in [7, 11) is 0. The van der Waals surface area contributed by atoms with Crippen LogP contribution in [0.4, 0.5) is 5.69 Å². The summed E-state index contributed by atoms with van der Waals surface area (Å²) >= 11 is 0. The summed E-state index contributed by atoms with van der Waals surface area (Å²) in [5.41, 5.74) is 1.23. The van der Waals surface area contributed by atoms with Gasteiger partial charge in [-0.3, -0.25) is 4.79 Å². The second kappa shape index (κ2) is 6.76. The summed E-state index contributed by atoms with van der Waals surface area (Å²) in [5.74, 6) is -0.0559. The molecule has 0 radical (unpaired) electrons. The Kier molecular flexibility index (Phi) is 4.76. The number of anilines is 1. The van der Waals surface area contributed by atoms with Gasteiger partial charge in [-0.05, 0) is 25.0 Å². The minimum Gasteiger partial charge on any atom is -0.381 e. The number of hydrogen-bond acceptors (Lipinski definition) is 4. The van der Waals surface area contributed by atoms with Gasteiger partial charge < -0.3 is 15.4 Å². The van der Waals surface area contributed by atoms with Crippen molar-refractivity contribution in [3.63, 3.8) is 0 Å². The zero-order valence-electron chi connectivity index (χ0n) is 10.7. The average molecular weight is 259 g/mol. The first kappa shape index (κ1) is 13.4. The van der Waals surface area contributed by atoms with Crippen LogP contribution in [-0.4, -0.2) is 31.7 Å². The lowest BCUT2D eigenvalue weighted by Crippen LogP contribution is -2.41. The van der Waals surface area contributed by atoms with E-state index in [1.165, 1.54) is 0 Å². The molecule has 1 fully saturated rings. The van der Waals surface area contributed by atoms with Crippen molar-refractivity contribution in [3.05, 3.63) is 29.8 Å². The Balaban J connectivity index is 1.81. The molecule has 2 rings (SSSR count). The highest BCUT2D eigenvalue weighted by molar-refractivity contribution is 5.81. The number of hydrogen-bond donors (Lipinski definition) is 2. The highest BCUT2D eigenvalue weighted by atomic mass is 16.5. The number of nitriles is 1. The Morgan fingerprint density at radius 1 is 1.37 bits per heavy atom. The molecule has 2 N–H and O–H groups in total. The molecule has 1 amide bonds. The molecule has 5 nitrogen and oxygen atoms in total. The monoisotopic (exact) mass is 259 g/mol. The zero-order chi connectivity index (χ0) is 13.5. The van der Waals surface area contributed by atoms with E-state index in [1.807, 2.05) is 6.07 Å². The van der Waals surface area contributed by atoms with Crippen LogP contribution < -0.4 is 10.6 Å². The molecule has 0 aliphatic carbocycles. The minimum absolute atomic E-state index is 0.0559. The van der Waals surface area contributed by atoms with Gasteiger partial charge in [0.25, 0.3) is 0 Å². The summed E-state index contributed by atoms with van der Waals surface area (Å²) in [6.07, 6.45) is 1.72. The number of carbonyl (C=O) groups is 1. The lowest BCUT2D eigenvalue weighted by molar-refractivity contribution is -0.120. The van der Waals surface area contributed by atoms with E-state index in [-0.39, 0.29) is 18.5 Å². The number of para-hydroxylation sites is 1. The van der Waals surface area contributed by atoms with Crippen LogP contribution in [0.5, 0.6) is 0 Å². The SMILES string of the molecule is N#Cc1ccccc1NCC(=O)NC1CCOCC1. The molecule has 5 heteroatoms. The second-order valence-electron chi connectivity index (χ2n) is 4.47. The Hall–Kier alpha value is -2.06. The van der Waals surface area contributed by atoms with Gasteiger partial charge in [0.15, 0.2) is 0 Å². The molecule has 0 spiro atoms. The number of rotatable bonds is 4. The molecule has 0 unspecified atom stereocenters. The minimum atomic E-state index is -0.0559. The summed E-state index contributed by atoms with van der Waals surface area (Å²) in [4.78, 5) is 11.8. The number of carbonyl (C=O) groups excluding carboxylic acids is 1. The van der Waals surface area contributed by atoms with E-state index in [0.29, 0.717) is 24.5 Å². The molecule has 19 heavy (non-hydrogen) atoms. The lowest BCUT2D eigenvalue weighted by Gasteiger charge is -2.23. The van der Waals surface area contributed by atoms with E-state index in [4.69, 9.17) is 10.00 Å². The number of nitrogens with zero attached hydrogens (tertiary/aromatic N) is 1. The van der Waals surface area contributed by atoms with Crippen molar-refractivity contribution in [1.29, 1.82) is 5.26 Å². The van der Waals surface area contributed by atoms with Gasteiger partial charge in [0.05, 0.1) is 17.8 Å². The largest absolute Gasteiger partial charge is 0.381 e. The fraction of sp³-hybridized carbons (Fsp3) is 0.429. The molecule has 1 aliphatic rings. The lowest BCUT2D eigenvalue weighted by atomic mass is 10.1. The van der Waals surface area contributed by atoms with Crippen molar-refractivity contribution < 1.29 is 9.53 Å². The molecular formula is C14H17N3O2. The normalized spacial score (nSPS) is 15.5. The van der Waals surface area contributed by atoms with Crippen molar-refractivity contribution in [1.82, 2.24) is 5.32 Å². The molecule has 1 heterocycles. The van der Waals surface area contributed by atoms with Crippen LogP contribution in [0.25, 0.3) is 0 Å². The molecular weight excluding hydrogens is 242 g/mol. The van der Waals surface area contributed by atoms with E-state index < -0.39 is 0 Å². The fourth-order valence-electron chi connectivity index (χ4n) is 2.03. The quantitative estimate of drug-likeness (QED) is 0.853. The van der Waals surface area contributed by atoms with E-state index in [9.17, 15) is 4.79 Å². The highest BCUT2D eigenvalue weighted by Gasteiger charge is 2.15. The van der Waals surface area contributed by atoms with Crippen LogP contribution in [0.1, 0.15) is 18.4 Å². The molecule has 1 aromatic rings. The van der Waals surface area contributed by atoms with Crippen molar-refractivity contribution in [3.8, 4) is 6.07 Å². The predicted octanol–water partition coefficient (Wildman–Crippen LogP) is 1.27. The third kappa shape index (κ3) is 3.97. The molecule has 0 saturated carbocycles. The smallest absolute Gasteiger partial charge is 0.239 e. The van der Waals surface area contributed by atoms with Crippen LogP contribution in [0.2, 0.25) is 0 Å². The third-order valence-electron chi connectivity index (χ3n) is 3.07. The number of amides is 1. The first-order valence-electron chi connectivity index (χ1n) is 6.39. The van der Waals surface area contributed by atoms with Crippen LogP contribution in [0.3, 0.4) is 0 Å². The molecule has 0 bridgehead atoms. The summed E-state index contributed by atoms with van der Waals surface area (Å²) in [5, 5.41) is 14.9. The molecule has 0 aromatic heterocycles. The van der Waals surface area contributed by atoms with E-state index >= 15 is 0 Å². The molecule has 0 atom stereocenters. The number of nitrogens with one attached hydrogen (secondary N) is 2. The van der Waals surface area contributed by atoms with Crippen molar-refractivity contribution >= 4 is 11.6 Å². The van der Waals surface area contributed by atoms with Gasteiger partial charge in [-0.25, -0.2) is 0 Å². The van der Waals surface area contributed by atoms with Crippen LogP contribution in [-0.2, 0) is 9.53 Å². The van der Waals surface area contributed by atoms with Gasteiger partial charge in [-0.15, -0.1) is 0 Å². The van der Waals surface area contributed by atoms with Crippen molar-refractivity contribution in [2.75, 3.05) is 25.1 Å². The Morgan fingerprint density at radius 2 is 2.11 bits per heavy atom. The van der Waals surface area contributed by atoms with Gasteiger partial charge in [0, 0.05) is 19.3 Å². The first-order chi connectivity index (χ1) is 9.29. The van der Waals surface area contributed by atoms with Gasteiger partial charge in [-0.2, -0.15) is 5.26 Å². The topological polar surface area (TPSA) is 74.2 Å². The van der Waals surface area contributed by atoms with Crippen molar-refractivity contribution in [2.24, 2.45) is 0 Å². The first-order valence-corrected chi connectivity index (χ1v) is 6.39. The maximum Gasteiger partial charge on any atom is 0.239 e. The maximum absolute atomic E-state index is 11.8. The van der Waals surface area contributed by atoms with Gasteiger partial charge in [-0.1, -0.05) is 12.1 Å². The van der Waals surface area contributed by atoms with Crippen LogP contribution in [0, 0.1) is 11.3 Å². The van der Waals surface area contributed by atoms with E-state index in [1.54, 1.807) is 18.2 Å². The van der Waals surface area contributed by atoms with E-state index in [0.717, 1.165) is 12.8 Å². The van der Waals surface area contributed by atoms with Gasteiger partial charge in [0.1, 0.15) is 6.07 Å². The zero-order valence-corrected chi connectivity index (χ0v) is 10.7. The second-order valence-corrected chi connectivity index (χ2v) is 4.47. The summed E-state index contributed by atoms with van der Waals surface area (Å²) < 4.78 is 5.24. The molecule has 1 aromatic carbocycles. The molecule has 1 saturated heterocycles. The average Bonchev–Trinajstić information content (AvgIpc) is 2.46. The Bertz CT molecular complexity index is 476. The van der Waals surface area contributed by atoms with Crippen molar-refractivity contribution in [2.45, 2.75) is 18.9 Å². The Labute approximate surface area is 112 Å². The summed E-state index contributed by atoms with van der Waals surface area (Å²) in [6.45, 7) is 1.58. The number of benzene rings is 1. The summed E-state index contributed by atoms with van der Waals surface area (Å²) in [6, 6.07) is 9.44.